The summed E-state index contributed by atoms with van der Waals surface area (Å²) >= 11 is 0. The first-order chi connectivity index (χ1) is 19.2. The molecule has 0 saturated carbocycles. The van der Waals surface area contributed by atoms with E-state index in [0.29, 0.717) is 12.0 Å². The van der Waals surface area contributed by atoms with Gasteiger partial charge in [0.1, 0.15) is 12.1 Å². The molecule has 1 aromatic carbocycles. The number of aliphatic imine (C=N–C) groups is 1. The summed E-state index contributed by atoms with van der Waals surface area (Å²) in [5.74, 6) is -3.73. The van der Waals surface area contributed by atoms with Gasteiger partial charge in [0.05, 0.1) is 5.54 Å². The first kappa shape index (κ1) is 33.2. The summed E-state index contributed by atoms with van der Waals surface area (Å²) in [5, 5.41) is 11.3. The standard InChI is InChI=1S/C29H45N7O5/c1-17(2)22-27(41)35-23(19-10-7-6-8-11-19)26(40)32-15-13-29(5,36-24(38)18(3)4)21(37)16-20(25(39)34-22)12-9-14-33-28(30)31/h6-8,10-11,17-18,20,22-23H,9,12-16H2,1-5H3,(H,32,40)(H,34,39)(H,35,41)(H,36,38)(H4,30,31,33)/t20-,22+,23-,29-/m1/s1. The molecule has 0 spiro atoms. The van der Waals surface area contributed by atoms with Gasteiger partial charge in [0.2, 0.25) is 23.6 Å². The molecule has 0 bridgehead atoms. The summed E-state index contributed by atoms with van der Waals surface area (Å²) in [5.41, 5.74) is 10.1. The van der Waals surface area contributed by atoms with Gasteiger partial charge in [-0.1, -0.05) is 58.0 Å². The lowest BCUT2D eigenvalue weighted by Gasteiger charge is -2.33. The first-order valence-electron chi connectivity index (χ1n) is 14.1. The Morgan fingerprint density at radius 3 is 2.27 bits per heavy atom. The molecular weight excluding hydrogens is 526 g/mol. The number of rotatable bonds is 8. The summed E-state index contributed by atoms with van der Waals surface area (Å²) in [4.78, 5) is 70.7. The van der Waals surface area contributed by atoms with Crippen LogP contribution in [-0.2, 0) is 24.0 Å². The molecule has 1 heterocycles. The normalized spacial score (nSPS) is 24.6. The lowest BCUT2D eigenvalue weighted by Crippen LogP contribution is -2.57. The van der Waals surface area contributed by atoms with Gasteiger partial charge in [0.15, 0.2) is 11.7 Å². The fourth-order valence-corrected chi connectivity index (χ4v) is 4.53. The Hall–Kier alpha value is -3.96. The quantitative estimate of drug-likeness (QED) is 0.150. The van der Waals surface area contributed by atoms with Gasteiger partial charge >= 0.3 is 0 Å². The molecule has 1 aliphatic rings. The molecule has 1 saturated heterocycles. The molecule has 8 N–H and O–H groups in total. The molecule has 12 nitrogen and oxygen atoms in total. The van der Waals surface area contributed by atoms with Crippen LogP contribution in [0.15, 0.2) is 35.3 Å². The predicted molar refractivity (Wildman–Crippen MR) is 156 cm³/mol. The topological polar surface area (TPSA) is 198 Å². The Bertz CT molecular complexity index is 1120. The zero-order valence-electron chi connectivity index (χ0n) is 24.7. The number of carbonyl (C=O) groups is 5. The second kappa shape index (κ2) is 15.2. The maximum Gasteiger partial charge on any atom is 0.247 e. The smallest absolute Gasteiger partial charge is 0.247 e. The first-order valence-corrected chi connectivity index (χ1v) is 14.1. The molecule has 41 heavy (non-hydrogen) atoms. The fraction of sp³-hybridized carbons (Fsp3) is 0.586. The van der Waals surface area contributed by atoms with Gasteiger partial charge in [-0.2, -0.15) is 0 Å². The van der Waals surface area contributed by atoms with Gasteiger partial charge in [-0.3, -0.25) is 29.0 Å². The van der Waals surface area contributed by atoms with Gasteiger partial charge in [-0.25, -0.2) is 0 Å². The average molecular weight is 572 g/mol. The third kappa shape index (κ3) is 9.87. The molecule has 226 valence electrons. The van der Waals surface area contributed by atoms with Crippen LogP contribution >= 0.6 is 0 Å². The number of hydrogen-bond donors (Lipinski definition) is 6. The van der Waals surface area contributed by atoms with E-state index in [2.05, 4.69) is 26.3 Å². The Morgan fingerprint density at radius 1 is 1.02 bits per heavy atom. The van der Waals surface area contributed by atoms with E-state index >= 15 is 0 Å². The van der Waals surface area contributed by atoms with Crippen LogP contribution in [-0.4, -0.2) is 60.0 Å². The molecule has 4 amide bonds. The number of amides is 4. The predicted octanol–water partition coefficient (Wildman–Crippen LogP) is 0.665. The van der Waals surface area contributed by atoms with E-state index in [9.17, 15) is 24.0 Å². The molecule has 0 radical (unpaired) electrons. The van der Waals surface area contributed by atoms with Crippen molar-refractivity contribution in [1.29, 1.82) is 0 Å². The summed E-state index contributed by atoms with van der Waals surface area (Å²) in [6.45, 7) is 8.91. The van der Waals surface area contributed by atoms with Crippen molar-refractivity contribution in [3.63, 3.8) is 0 Å². The minimum absolute atomic E-state index is 0.0492. The van der Waals surface area contributed by atoms with Gasteiger partial charge in [0, 0.05) is 31.3 Å². The summed E-state index contributed by atoms with van der Waals surface area (Å²) in [6.07, 6.45) is 0.597. The third-order valence-electron chi connectivity index (χ3n) is 7.20. The summed E-state index contributed by atoms with van der Waals surface area (Å²) in [7, 11) is 0. The lowest BCUT2D eigenvalue weighted by molar-refractivity contribution is -0.138. The Morgan fingerprint density at radius 2 is 1.68 bits per heavy atom. The largest absolute Gasteiger partial charge is 0.370 e. The number of nitrogens with zero attached hydrogens (tertiary/aromatic N) is 1. The number of hydrogen-bond acceptors (Lipinski definition) is 6. The molecule has 0 aromatic heterocycles. The lowest BCUT2D eigenvalue weighted by atomic mass is 9.83. The number of benzene rings is 1. The van der Waals surface area contributed by atoms with Crippen molar-refractivity contribution >= 4 is 35.4 Å². The highest BCUT2D eigenvalue weighted by Crippen LogP contribution is 2.23. The molecule has 12 heteroatoms. The van der Waals surface area contributed by atoms with Crippen molar-refractivity contribution in [3.05, 3.63) is 35.9 Å². The zero-order chi connectivity index (χ0) is 30.7. The van der Waals surface area contributed by atoms with E-state index < -0.39 is 41.3 Å². The molecule has 4 atom stereocenters. The second-order valence-electron chi connectivity index (χ2n) is 11.4. The van der Waals surface area contributed by atoms with Crippen molar-refractivity contribution in [2.75, 3.05) is 13.1 Å². The van der Waals surface area contributed by atoms with E-state index in [1.165, 1.54) is 0 Å². The van der Waals surface area contributed by atoms with Gasteiger partial charge in [-0.15, -0.1) is 0 Å². The summed E-state index contributed by atoms with van der Waals surface area (Å²) in [6, 6.07) is 6.75. The number of carbonyl (C=O) groups excluding carboxylic acids is 5. The van der Waals surface area contributed by atoms with Crippen LogP contribution in [0.2, 0.25) is 0 Å². The zero-order valence-corrected chi connectivity index (χ0v) is 24.7. The molecule has 1 aromatic rings. The number of Topliss-reactive ketones (excluding diaryl/α,β-unsaturated/α-hetero) is 1. The second-order valence-corrected chi connectivity index (χ2v) is 11.4. The third-order valence-corrected chi connectivity index (χ3v) is 7.20. The van der Waals surface area contributed by atoms with Crippen molar-refractivity contribution in [1.82, 2.24) is 21.3 Å². The van der Waals surface area contributed by atoms with Gasteiger partial charge < -0.3 is 32.7 Å². The molecule has 1 aliphatic heterocycles. The van der Waals surface area contributed by atoms with Crippen LogP contribution in [0.25, 0.3) is 0 Å². The van der Waals surface area contributed by atoms with E-state index in [1.807, 2.05) is 0 Å². The van der Waals surface area contributed by atoms with Crippen LogP contribution < -0.4 is 32.7 Å². The van der Waals surface area contributed by atoms with Crippen LogP contribution in [0, 0.1) is 17.8 Å². The Kier molecular flexibility index (Phi) is 12.3. The van der Waals surface area contributed by atoms with Crippen LogP contribution in [0.4, 0.5) is 0 Å². The fourth-order valence-electron chi connectivity index (χ4n) is 4.53. The number of ketones is 1. The molecule has 0 unspecified atom stereocenters. The minimum atomic E-state index is -1.35. The van der Waals surface area contributed by atoms with Crippen molar-refractivity contribution < 1.29 is 24.0 Å². The maximum atomic E-state index is 13.8. The average Bonchev–Trinajstić information content (AvgIpc) is 2.91. The minimum Gasteiger partial charge on any atom is -0.370 e. The number of guanidine groups is 1. The maximum absolute atomic E-state index is 13.8. The van der Waals surface area contributed by atoms with Gasteiger partial charge in [0.25, 0.3) is 0 Å². The van der Waals surface area contributed by atoms with Crippen LogP contribution in [0.3, 0.4) is 0 Å². The molecule has 1 fully saturated rings. The van der Waals surface area contributed by atoms with Crippen molar-refractivity contribution in [3.8, 4) is 0 Å². The number of nitrogens with two attached hydrogens (primary N) is 2. The number of nitrogens with one attached hydrogen (secondary N) is 4. The van der Waals surface area contributed by atoms with E-state index in [-0.39, 0.29) is 61.8 Å². The van der Waals surface area contributed by atoms with Crippen LogP contribution in [0.5, 0.6) is 0 Å². The Labute approximate surface area is 241 Å². The highest BCUT2D eigenvalue weighted by Gasteiger charge is 2.39. The SMILES string of the molecule is CC(C)C(=O)N[C@]1(C)CCNC(=O)[C@@H](c2ccccc2)NC(=O)[C@H](C(C)C)NC(=O)[C@H](CCCN=C(N)N)CC1=O. The Balaban J connectivity index is 2.50. The summed E-state index contributed by atoms with van der Waals surface area (Å²) < 4.78 is 0. The van der Waals surface area contributed by atoms with Gasteiger partial charge in [-0.05, 0) is 37.7 Å². The molecular formula is C29H45N7O5. The molecule has 2 rings (SSSR count). The van der Waals surface area contributed by atoms with Crippen LogP contribution in [0.1, 0.15) is 71.9 Å². The highest BCUT2D eigenvalue weighted by molar-refractivity contribution is 5.97. The monoisotopic (exact) mass is 571 g/mol. The van der Waals surface area contributed by atoms with E-state index in [0.717, 1.165) is 0 Å². The van der Waals surface area contributed by atoms with E-state index in [1.54, 1.807) is 65.0 Å². The van der Waals surface area contributed by atoms with Crippen molar-refractivity contribution in [2.45, 2.75) is 77.9 Å². The van der Waals surface area contributed by atoms with Crippen molar-refractivity contribution in [2.24, 2.45) is 34.2 Å². The molecule has 0 aliphatic carbocycles. The van der Waals surface area contributed by atoms with E-state index in [4.69, 9.17) is 11.5 Å². The highest BCUT2D eigenvalue weighted by atomic mass is 16.2.